The zero-order valence-corrected chi connectivity index (χ0v) is 20.4. The van der Waals surface area contributed by atoms with E-state index >= 15 is 0 Å². The van der Waals surface area contributed by atoms with Crippen molar-refractivity contribution >= 4 is 29.5 Å². The van der Waals surface area contributed by atoms with Gasteiger partial charge in [0, 0.05) is 35.7 Å². The molecule has 2 amide bonds. The van der Waals surface area contributed by atoms with Crippen molar-refractivity contribution in [2.75, 3.05) is 52.9 Å². The monoisotopic (exact) mass is 482 g/mol. The molecule has 184 valence electrons. The minimum absolute atomic E-state index is 0.0140. The number of nitrogens with zero attached hydrogens (tertiary/aromatic N) is 2. The van der Waals surface area contributed by atoms with Crippen LogP contribution in [0.1, 0.15) is 20.3 Å². The van der Waals surface area contributed by atoms with Crippen LogP contribution in [0.4, 0.5) is 0 Å². The number of hydrogen-bond acceptors (Lipinski definition) is 7. The number of amides is 2. The number of likely N-dealkylation sites (N-methyl/N-ethyl adjacent to an activating group) is 1. The second-order valence-electron chi connectivity index (χ2n) is 10.0. The number of aliphatic carboxylic acids is 1. The van der Waals surface area contributed by atoms with Crippen molar-refractivity contribution in [3.63, 3.8) is 0 Å². The van der Waals surface area contributed by atoms with E-state index in [1.54, 1.807) is 6.92 Å². The molecule has 0 aromatic heterocycles. The van der Waals surface area contributed by atoms with Gasteiger partial charge in [0.05, 0.1) is 57.3 Å². The summed E-state index contributed by atoms with van der Waals surface area (Å²) < 4.78 is 0.956. The smallest absolute Gasteiger partial charge is 0.353 e. The van der Waals surface area contributed by atoms with Crippen LogP contribution in [-0.2, 0) is 14.4 Å². The Bertz CT molecular complexity index is 843. The number of aliphatic hydroxyl groups excluding tert-OH is 1. The molecule has 0 saturated carbocycles. The normalized spacial score (nSPS) is 34.1. The summed E-state index contributed by atoms with van der Waals surface area (Å²) >= 11 is 1.46. The summed E-state index contributed by atoms with van der Waals surface area (Å²) in [5.74, 6) is -2.17. The van der Waals surface area contributed by atoms with Crippen LogP contribution >= 0.6 is 11.8 Å². The summed E-state index contributed by atoms with van der Waals surface area (Å²) in [4.78, 5) is 39.2. The fraction of sp³-hybridized carbons (Fsp3) is 0.773. The molecule has 0 aliphatic carbocycles. The number of fused-ring (bicyclic) bond motifs is 1. The molecule has 3 fully saturated rings. The number of carboxylic acids is 1. The molecule has 11 heteroatoms. The Morgan fingerprint density at radius 3 is 2.67 bits per heavy atom. The average Bonchev–Trinajstić information content (AvgIpc) is 3.30. The van der Waals surface area contributed by atoms with Crippen LogP contribution in [0.15, 0.2) is 10.6 Å². The van der Waals surface area contributed by atoms with Crippen molar-refractivity contribution < 1.29 is 29.1 Å². The Kier molecular flexibility index (Phi) is 7.07. The molecule has 0 aromatic carbocycles. The Balaban J connectivity index is 1.32. The van der Waals surface area contributed by atoms with Gasteiger partial charge >= 0.3 is 5.97 Å². The molecule has 0 radical (unpaired) electrons. The van der Waals surface area contributed by atoms with Gasteiger partial charge in [0.25, 0.3) is 0 Å². The van der Waals surface area contributed by atoms with Gasteiger partial charge in [-0.25, -0.2) is 4.79 Å². The van der Waals surface area contributed by atoms with E-state index in [1.807, 2.05) is 6.92 Å². The summed E-state index contributed by atoms with van der Waals surface area (Å²) in [6, 6.07) is -0.612. The molecular weight excluding hydrogens is 446 g/mol. The van der Waals surface area contributed by atoms with Crippen molar-refractivity contribution in [3.8, 4) is 0 Å². The number of thioether (sulfide) groups is 1. The SMILES string of the molecule is C[C@@H](O)C1C(=O)N2C(C(=O)O)=C(S[C@@H]3CN[C@H](C(=O)NCC[N+]4(C)CCNCC4)C3)[C@H](C)C12. The van der Waals surface area contributed by atoms with Gasteiger partial charge in [0.15, 0.2) is 0 Å². The number of carboxylic acid groups (broad SMARTS) is 1. The van der Waals surface area contributed by atoms with Gasteiger partial charge in [-0.3, -0.25) is 9.59 Å². The van der Waals surface area contributed by atoms with E-state index in [0.717, 1.165) is 37.2 Å². The van der Waals surface area contributed by atoms with Crippen LogP contribution in [0.2, 0.25) is 0 Å². The van der Waals surface area contributed by atoms with E-state index in [0.29, 0.717) is 24.4 Å². The van der Waals surface area contributed by atoms with E-state index in [1.165, 1.54) is 16.7 Å². The predicted octanol–water partition coefficient (Wildman–Crippen LogP) is -1.23. The molecule has 4 rings (SSSR count). The number of piperazine rings is 1. The number of β-lactam (4-membered cyclic amide) rings is 1. The molecular formula is C22H36N5O5S+. The van der Waals surface area contributed by atoms with Gasteiger partial charge < -0.3 is 35.5 Å². The standard InChI is InChI=1S/C22H35N5O5S/c1-12-17-16(13(2)28)21(30)26(17)18(22(31)32)19(12)33-14-10-15(25-11-14)20(29)24-6-9-27(3)7-4-23-5-8-27/h12-17,23,25,28H,4-11H2,1-3H3,(H-,24,29,31,32)/p+1/t12-,13-,14+,15+,16?,17?/m1/s1. The van der Waals surface area contributed by atoms with Gasteiger partial charge in [-0.15, -0.1) is 11.8 Å². The molecule has 0 bridgehead atoms. The van der Waals surface area contributed by atoms with Crippen LogP contribution in [0.5, 0.6) is 0 Å². The molecule has 3 saturated heterocycles. The lowest BCUT2D eigenvalue weighted by molar-refractivity contribution is -0.909. The molecule has 2 unspecified atom stereocenters. The number of hydrogen-bond donors (Lipinski definition) is 5. The highest BCUT2D eigenvalue weighted by molar-refractivity contribution is 8.03. The molecule has 4 heterocycles. The second-order valence-corrected chi connectivity index (χ2v) is 11.4. The van der Waals surface area contributed by atoms with E-state index in [4.69, 9.17) is 0 Å². The molecule has 4 aliphatic heterocycles. The summed E-state index contributed by atoms with van der Waals surface area (Å²) in [7, 11) is 2.22. The number of rotatable bonds is 8. The van der Waals surface area contributed by atoms with Crippen LogP contribution in [0, 0.1) is 11.8 Å². The second kappa shape index (κ2) is 9.53. The van der Waals surface area contributed by atoms with Crippen molar-refractivity contribution in [1.82, 2.24) is 20.9 Å². The highest BCUT2D eigenvalue weighted by Crippen LogP contribution is 2.51. The predicted molar refractivity (Wildman–Crippen MR) is 124 cm³/mol. The highest BCUT2D eigenvalue weighted by atomic mass is 32.2. The topological polar surface area (TPSA) is 131 Å². The Morgan fingerprint density at radius 1 is 1.33 bits per heavy atom. The van der Waals surface area contributed by atoms with Crippen LogP contribution < -0.4 is 16.0 Å². The molecule has 33 heavy (non-hydrogen) atoms. The zero-order valence-electron chi connectivity index (χ0n) is 19.5. The first-order chi connectivity index (χ1) is 15.6. The average molecular weight is 483 g/mol. The number of aliphatic hydroxyl groups is 1. The lowest BCUT2D eigenvalue weighted by atomic mass is 9.79. The molecule has 0 aromatic rings. The van der Waals surface area contributed by atoms with Crippen molar-refractivity contribution in [3.05, 3.63) is 10.6 Å². The Labute approximate surface area is 198 Å². The van der Waals surface area contributed by atoms with Crippen molar-refractivity contribution in [2.24, 2.45) is 11.8 Å². The minimum Gasteiger partial charge on any atom is -0.477 e. The quantitative estimate of drug-likeness (QED) is 0.215. The molecule has 5 N–H and O–H groups in total. The lowest BCUT2D eigenvalue weighted by Gasteiger charge is -2.46. The lowest BCUT2D eigenvalue weighted by Crippen LogP contribution is -2.63. The molecule has 0 spiro atoms. The van der Waals surface area contributed by atoms with Crippen LogP contribution in [0.3, 0.4) is 0 Å². The third-order valence-corrected chi connectivity index (χ3v) is 9.13. The van der Waals surface area contributed by atoms with Crippen LogP contribution in [-0.4, -0.2) is 114 Å². The minimum atomic E-state index is -1.12. The first kappa shape index (κ1) is 24.5. The van der Waals surface area contributed by atoms with Crippen molar-refractivity contribution in [2.45, 2.75) is 43.7 Å². The number of quaternary nitrogens is 1. The first-order valence-electron chi connectivity index (χ1n) is 11.8. The Hall–Kier alpha value is -1.66. The molecule has 10 nitrogen and oxygen atoms in total. The maximum Gasteiger partial charge on any atom is 0.353 e. The fourth-order valence-corrected chi connectivity index (χ4v) is 7.06. The molecule has 4 aliphatic rings. The summed E-state index contributed by atoms with van der Waals surface area (Å²) in [5, 5.41) is 29.5. The van der Waals surface area contributed by atoms with Crippen LogP contribution in [0.25, 0.3) is 0 Å². The van der Waals surface area contributed by atoms with Crippen molar-refractivity contribution in [1.29, 1.82) is 0 Å². The van der Waals surface area contributed by atoms with E-state index in [2.05, 4.69) is 23.0 Å². The zero-order chi connectivity index (χ0) is 23.9. The summed E-state index contributed by atoms with van der Waals surface area (Å²) in [5.41, 5.74) is 0.0419. The molecule has 6 atom stereocenters. The maximum atomic E-state index is 12.7. The summed E-state index contributed by atoms with van der Waals surface area (Å²) in [6.07, 6.45) is -0.207. The van der Waals surface area contributed by atoms with Gasteiger partial charge in [0.1, 0.15) is 5.70 Å². The fourth-order valence-electron chi connectivity index (χ4n) is 5.58. The largest absolute Gasteiger partial charge is 0.477 e. The van der Waals surface area contributed by atoms with Gasteiger partial charge in [-0.05, 0) is 13.3 Å². The number of carbonyl (C=O) groups excluding carboxylic acids is 2. The van der Waals surface area contributed by atoms with Gasteiger partial charge in [-0.1, -0.05) is 6.92 Å². The third-order valence-electron chi connectivity index (χ3n) is 7.62. The first-order valence-corrected chi connectivity index (χ1v) is 12.7. The van der Waals surface area contributed by atoms with Gasteiger partial charge in [0.2, 0.25) is 11.8 Å². The number of nitrogens with one attached hydrogen (secondary N) is 3. The summed E-state index contributed by atoms with van der Waals surface area (Å²) in [6.45, 7) is 9.76. The van der Waals surface area contributed by atoms with E-state index in [9.17, 15) is 24.6 Å². The number of carbonyl (C=O) groups is 3. The Morgan fingerprint density at radius 2 is 2.03 bits per heavy atom. The van der Waals surface area contributed by atoms with E-state index in [-0.39, 0.29) is 40.8 Å². The maximum absolute atomic E-state index is 12.7. The third kappa shape index (κ3) is 4.66. The highest BCUT2D eigenvalue weighted by Gasteiger charge is 2.60. The van der Waals surface area contributed by atoms with E-state index < -0.39 is 18.0 Å². The van der Waals surface area contributed by atoms with Gasteiger partial charge in [-0.2, -0.15) is 0 Å².